The van der Waals surface area contributed by atoms with Gasteiger partial charge in [-0.1, -0.05) is 29.5 Å². The van der Waals surface area contributed by atoms with Crippen LogP contribution >= 0.6 is 0 Å². The molecule has 2 aromatic rings. The number of phenolic OH excluding ortho intramolecular Hbond substituents is 1. The second-order valence-corrected chi connectivity index (χ2v) is 14.2. The van der Waals surface area contributed by atoms with Gasteiger partial charge < -0.3 is 31.1 Å². The SMILES string of the molecule is Cc1ccc(S(=O)(=O)NCC#Cc2cc(N(C)C)c3c(c2O)C(=O)C2=C(O)[C@@]4(O)C(=O)C(C(N)=O)=C(O)C(N(C)C)[C@H]4C[C@H]2C3)cc1. The van der Waals surface area contributed by atoms with Gasteiger partial charge in [0, 0.05) is 31.3 Å². The van der Waals surface area contributed by atoms with Crippen LogP contribution in [0.3, 0.4) is 0 Å². The molecule has 4 atom stereocenters. The lowest BCUT2D eigenvalue weighted by Gasteiger charge is -2.50. The Balaban J connectivity index is 1.57. The molecule has 47 heavy (non-hydrogen) atoms. The van der Waals surface area contributed by atoms with E-state index in [2.05, 4.69) is 16.6 Å². The monoisotopic (exact) mass is 664 g/mol. The number of allylic oxidation sites excluding steroid dienone is 1. The van der Waals surface area contributed by atoms with Gasteiger partial charge in [0.15, 0.2) is 11.4 Å². The first-order valence-corrected chi connectivity index (χ1v) is 16.2. The number of ketones is 2. The number of rotatable bonds is 6. The molecule has 248 valence electrons. The zero-order valence-corrected chi connectivity index (χ0v) is 27.3. The molecule has 5 rings (SSSR count). The lowest BCUT2D eigenvalue weighted by Crippen LogP contribution is -2.63. The van der Waals surface area contributed by atoms with Gasteiger partial charge in [-0.05, 0) is 63.5 Å². The first-order chi connectivity index (χ1) is 21.9. The smallest absolute Gasteiger partial charge is 0.255 e. The summed E-state index contributed by atoms with van der Waals surface area (Å²) in [4.78, 5) is 43.1. The number of hydrogen-bond donors (Lipinski definition) is 6. The molecular formula is C33H36N4O9S. The number of anilines is 1. The summed E-state index contributed by atoms with van der Waals surface area (Å²) in [5.41, 5.74) is 3.14. The predicted molar refractivity (Wildman–Crippen MR) is 171 cm³/mol. The van der Waals surface area contributed by atoms with E-state index < -0.39 is 73.8 Å². The molecule has 14 heteroatoms. The van der Waals surface area contributed by atoms with Crippen molar-refractivity contribution in [2.75, 3.05) is 39.6 Å². The van der Waals surface area contributed by atoms with E-state index in [1.54, 1.807) is 51.3 Å². The fourth-order valence-corrected chi connectivity index (χ4v) is 7.79. The number of nitrogens with zero attached hydrogens (tertiary/aromatic N) is 2. The molecule has 2 aromatic carbocycles. The van der Waals surface area contributed by atoms with E-state index in [0.717, 1.165) is 5.56 Å². The molecule has 1 amide bonds. The van der Waals surface area contributed by atoms with Crippen molar-refractivity contribution < 1.29 is 43.2 Å². The number of aromatic hydroxyl groups is 1. The van der Waals surface area contributed by atoms with Crippen molar-refractivity contribution in [2.45, 2.75) is 36.3 Å². The number of nitrogens with two attached hydrogens (primary N) is 1. The number of aliphatic hydroxyl groups excluding tert-OH is 2. The zero-order valence-electron chi connectivity index (χ0n) is 26.5. The molecule has 0 radical (unpaired) electrons. The Morgan fingerprint density at radius 2 is 1.74 bits per heavy atom. The number of amides is 1. The Labute approximate surface area is 272 Å². The maximum atomic E-state index is 14.1. The van der Waals surface area contributed by atoms with Gasteiger partial charge in [0.25, 0.3) is 5.91 Å². The number of fused-ring (bicyclic) bond motifs is 3. The van der Waals surface area contributed by atoms with Crippen LogP contribution in [0.1, 0.15) is 33.5 Å². The number of primary amides is 1. The molecule has 0 heterocycles. The molecule has 0 spiro atoms. The second-order valence-electron chi connectivity index (χ2n) is 12.4. The van der Waals surface area contributed by atoms with E-state index in [-0.39, 0.29) is 41.0 Å². The van der Waals surface area contributed by atoms with Crippen LogP contribution < -0.4 is 15.4 Å². The van der Waals surface area contributed by atoms with Crippen molar-refractivity contribution in [1.82, 2.24) is 9.62 Å². The molecule has 3 aliphatic rings. The minimum Gasteiger partial charge on any atom is -0.510 e. The molecule has 0 bridgehead atoms. The number of hydrogen-bond acceptors (Lipinski definition) is 11. The van der Waals surface area contributed by atoms with Crippen LogP contribution in [0.15, 0.2) is 57.9 Å². The molecule has 0 saturated heterocycles. The van der Waals surface area contributed by atoms with E-state index in [0.29, 0.717) is 11.3 Å². The highest BCUT2D eigenvalue weighted by atomic mass is 32.2. The van der Waals surface area contributed by atoms with Crippen LogP contribution in [0.5, 0.6) is 5.75 Å². The van der Waals surface area contributed by atoms with E-state index >= 15 is 0 Å². The summed E-state index contributed by atoms with van der Waals surface area (Å²) in [6.45, 7) is 1.52. The van der Waals surface area contributed by atoms with Crippen LogP contribution in [0.25, 0.3) is 0 Å². The number of Topliss-reactive ketones (excluding diaryl/α,β-unsaturated/α-hetero) is 2. The van der Waals surface area contributed by atoms with Crippen molar-refractivity contribution in [3.8, 4) is 17.6 Å². The molecule has 3 aliphatic carbocycles. The lowest BCUT2D eigenvalue weighted by atomic mass is 9.58. The topological polar surface area (TPSA) is 211 Å². The van der Waals surface area contributed by atoms with Crippen molar-refractivity contribution in [3.63, 3.8) is 0 Å². The number of carbonyl (C=O) groups is 3. The third-order valence-corrected chi connectivity index (χ3v) is 10.5. The Bertz CT molecular complexity index is 1950. The highest BCUT2D eigenvalue weighted by Crippen LogP contribution is 2.53. The fourth-order valence-electron chi connectivity index (χ4n) is 6.86. The predicted octanol–water partition coefficient (Wildman–Crippen LogP) is 0.825. The highest BCUT2D eigenvalue weighted by molar-refractivity contribution is 7.89. The number of aryl methyl sites for hydroxylation is 1. The third kappa shape index (κ3) is 5.35. The molecule has 7 N–H and O–H groups in total. The summed E-state index contributed by atoms with van der Waals surface area (Å²) in [5, 5.41) is 45.6. The van der Waals surface area contributed by atoms with Gasteiger partial charge in [0.05, 0.1) is 28.6 Å². The first-order valence-electron chi connectivity index (χ1n) is 14.7. The summed E-state index contributed by atoms with van der Waals surface area (Å²) >= 11 is 0. The van der Waals surface area contributed by atoms with E-state index in [1.165, 1.54) is 17.0 Å². The number of phenols is 1. The highest BCUT2D eigenvalue weighted by Gasteiger charge is 2.63. The number of carbonyl (C=O) groups excluding carboxylic acids is 3. The average Bonchev–Trinajstić information content (AvgIpc) is 2.97. The molecule has 0 aromatic heterocycles. The summed E-state index contributed by atoms with van der Waals surface area (Å²) in [6.07, 6.45) is 0.0712. The molecular weight excluding hydrogens is 628 g/mol. The van der Waals surface area contributed by atoms with Crippen LogP contribution in [0.2, 0.25) is 0 Å². The summed E-state index contributed by atoms with van der Waals surface area (Å²) in [6, 6.07) is 6.73. The number of benzene rings is 2. The van der Waals surface area contributed by atoms with E-state index in [1.807, 2.05) is 6.92 Å². The second kappa shape index (κ2) is 11.8. The van der Waals surface area contributed by atoms with Gasteiger partial charge in [-0.2, -0.15) is 4.72 Å². The Morgan fingerprint density at radius 1 is 1.11 bits per heavy atom. The standard InChI is InChI=1S/C33H36N4O9S/c1-16-8-10-19(11-9-16)47(45,46)35-12-6-7-17-15-22(36(2)3)20-13-18-14-21-26(37(4)5)29(40)25(32(34)43)31(42)33(21,44)30(41)23(18)28(39)24(20)27(17)38/h8-11,15,18,21,26,35,38,40-41,44H,12-14H2,1-5H3,(H2,34,43)/t18-,21-,26?,33-/m1/s1. The minimum atomic E-state index is -3.86. The fraction of sp³-hybridized carbons (Fsp3) is 0.364. The summed E-state index contributed by atoms with van der Waals surface area (Å²) < 4.78 is 27.7. The lowest BCUT2D eigenvalue weighted by molar-refractivity contribution is -0.148. The first kappa shape index (κ1) is 33.7. The van der Waals surface area contributed by atoms with Gasteiger partial charge in [-0.25, -0.2) is 8.42 Å². The van der Waals surface area contributed by atoms with Gasteiger partial charge in [-0.3, -0.25) is 19.3 Å². The Kier molecular flexibility index (Phi) is 8.48. The van der Waals surface area contributed by atoms with Crippen molar-refractivity contribution >= 4 is 33.2 Å². The number of likely N-dealkylation sites (N-methyl/N-ethyl adjacent to an activating group) is 1. The van der Waals surface area contributed by atoms with Gasteiger partial charge in [0.2, 0.25) is 15.8 Å². The molecule has 1 unspecified atom stereocenters. The third-order valence-electron chi connectivity index (χ3n) is 9.09. The maximum absolute atomic E-state index is 14.1. The Hall–Kier alpha value is -4.68. The van der Waals surface area contributed by atoms with Crippen LogP contribution in [0, 0.1) is 30.6 Å². The van der Waals surface area contributed by atoms with Crippen LogP contribution in [-0.4, -0.2) is 97.6 Å². The molecule has 0 fully saturated rings. The average molecular weight is 665 g/mol. The number of aliphatic hydroxyl groups is 3. The number of nitrogens with one attached hydrogen (secondary N) is 1. The molecule has 13 nitrogen and oxygen atoms in total. The van der Waals surface area contributed by atoms with E-state index in [4.69, 9.17) is 5.73 Å². The molecule has 0 aliphatic heterocycles. The largest absolute Gasteiger partial charge is 0.510 e. The van der Waals surface area contributed by atoms with Gasteiger partial charge in [-0.15, -0.1) is 0 Å². The number of sulfonamides is 1. The summed E-state index contributed by atoms with van der Waals surface area (Å²) in [7, 11) is 2.71. The van der Waals surface area contributed by atoms with Crippen molar-refractivity contribution in [1.29, 1.82) is 0 Å². The van der Waals surface area contributed by atoms with Gasteiger partial charge >= 0.3 is 0 Å². The Morgan fingerprint density at radius 3 is 2.32 bits per heavy atom. The van der Waals surface area contributed by atoms with Crippen LogP contribution in [0.4, 0.5) is 5.69 Å². The van der Waals surface area contributed by atoms with Crippen molar-refractivity contribution in [2.24, 2.45) is 17.6 Å². The van der Waals surface area contributed by atoms with E-state index in [9.17, 15) is 43.2 Å². The van der Waals surface area contributed by atoms with Crippen molar-refractivity contribution in [3.05, 3.63) is 75.3 Å². The normalized spacial score (nSPS) is 23.9. The minimum absolute atomic E-state index is 0.00607. The quantitative estimate of drug-likeness (QED) is 0.188. The zero-order chi connectivity index (χ0) is 34.7. The van der Waals surface area contributed by atoms with Gasteiger partial charge in [0.1, 0.15) is 22.8 Å². The summed E-state index contributed by atoms with van der Waals surface area (Å²) in [5.74, 6) is -2.09. The van der Waals surface area contributed by atoms with Crippen LogP contribution in [-0.2, 0) is 26.0 Å². The maximum Gasteiger partial charge on any atom is 0.255 e. The molecule has 0 saturated carbocycles.